The number of phenolic OH excluding ortho intramolecular Hbond substituents is 1. The molecule has 4 rings (SSSR count). The van der Waals surface area contributed by atoms with Crippen LogP contribution in [0.1, 0.15) is 47.8 Å². The molecule has 0 unspecified atom stereocenters. The predicted molar refractivity (Wildman–Crippen MR) is 109 cm³/mol. The highest BCUT2D eigenvalue weighted by molar-refractivity contribution is 6.30. The number of carboxylic acid groups (broad SMARTS) is 1. The minimum atomic E-state index is -1.76. The number of aliphatic hydroxyl groups excluding tert-OH is 4. The standard InChI is InChI=1S/C22H20O12/c1-6-13-9(4-11(25)14(6)21(31)32)16(26)8-2-7(3-10(24)15(8)18(13)28)33-22-20(30)19(29)17(27)12(5-23)34-22/h2-4,12,17,19-20,22-25,27,29-30H,5H2,1H3,(H,31,32)/t12-,17+,19+,20-,22-/m0/s1. The molecule has 12 nitrogen and oxygen atoms in total. The Balaban J connectivity index is 1.75. The highest BCUT2D eigenvalue weighted by atomic mass is 16.7. The summed E-state index contributed by atoms with van der Waals surface area (Å²) in [5.74, 6) is -4.82. The average molecular weight is 476 g/mol. The van der Waals surface area contributed by atoms with Crippen LogP contribution in [0, 0.1) is 6.92 Å². The molecule has 2 aromatic rings. The number of aromatic carboxylic acids is 1. The lowest BCUT2D eigenvalue weighted by molar-refractivity contribution is -0.277. The number of ketones is 2. The number of benzene rings is 2. The summed E-state index contributed by atoms with van der Waals surface area (Å²) in [6.45, 7) is 0.553. The van der Waals surface area contributed by atoms with Crippen molar-refractivity contribution in [3.63, 3.8) is 0 Å². The molecular formula is C22H20O12. The third-order valence-electron chi connectivity index (χ3n) is 5.91. The maximum atomic E-state index is 13.1. The van der Waals surface area contributed by atoms with Crippen LogP contribution >= 0.6 is 0 Å². The summed E-state index contributed by atoms with van der Waals surface area (Å²) in [6.07, 6.45) is -7.99. The average Bonchev–Trinajstić information content (AvgIpc) is 2.76. The van der Waals surface area contributed by atoms with E-state index in [2.05, 4.69) is 0 Å². The highest BCUT2D eigenvalue weighted by Gasteiger charge is 2.45. The molecule has 5 atom stereocenters. The van der Waals surface area contributed by atoms with Crippen molar-refractivity contribution in [2.75, 3.05) is 6.61 Å². The van der Waals surface area contributed by atoms with E-state index in [1.54, 1.807) is 0 Å². The number of hydrogen-bond acceptors (Lipinski definition) is 11. The molecule has 1 aliphatic heterocycles. The van der Waals surface area contributed by atoms with E-state index >= 15 is 0 Å². The first-order chi connectivity index (χ1) is 16.0. The van der Waals surface area contributed by atoms with Gasteiger partial charge in [-0.15, -0.1) is 0 Å². The minimum absolute atomic E-state index is 0.146. The van der Waals surface area contributed by atoms with Crippen molar-refractivity contribution in [1.29, 1.82) is 0 Å². The summed E-state index contributed by atoms with van der Waals surface area (Å²) in [7, 11) is 0. The SMILES string of the molecule is Cc1c(C(=O)O)c(O)cc2c1C(=O)c1c(O)cc(O[C@H]3O[C@@H](CO)[C@@H](O)[C@@H](O)[C@@H]3O)cc1C2=O. The minimum Gasteiger partial charge on any atom is -0.507 e. The van der Waals surface area contributed by atoms with Crippen molar-refractivity contribution in [3.05, 3.63) is 51.6 Å². The number of rotatable bonds is 4. The Labute approximate surface area is 190 Å². The van der Waals surface area contributed by atoms with Gasteiger partial charge in [-0.2, -0.15) is 0 Å². The maximum absolute atomic E-state index is 13.1. The van der Waals surface area contributed by atoms with Gasteiger partial charge >= 0.3 is 5.97 Å². The summed E-state index contributed by atoms with van der Waals surface area (Å²) in [6, 6.07) is 2.87. The van der Waals surface area contributed by atoms with Crippen LogP contribution in [0.5, 0.6) is 17.2 Å². The van der Waals surface area contributed by atoms with E-state index in [1.165, 1.54) is 6.92 Å². The summed E-state index contributed by atoms with van der Waals surface area (Å²) < 4.78 is 10.7. The fraction of sp³-hybridized carbons (Fsp3) is 0.318. The number of carbonyl (C=O) groups is 3. The number of aromatic hydroxyl groups is 2. The molecule has 0 bridgehead atoms. The zero-order valence-corrected chi connectivity index (χ0v) is 17.5. The second-order valence-electron chi connectivity index (χ2n) is 7.96. The normalized spacial score (nSPS) is 26.1. The van der Waals surface area contributed by atoms with E-state index in [1.807, 2.05) is 0 Å². The van der Waals surface area contributed by atoms with Crippen LogP contribution in [-0.4, -0.2) is 90.6 Å². The van der Waals surface area contributed by atoms with Gasteiger partial charge < -0.3 is 45.2 Å². The van der Waals surface area contributed by atoms with E-state index in [9.17, 15) is 50.1 Å². The van der Waals surface area contributed by atoms with E-state index < -0.39 is 77.5 Å². The van der Waals surface area contributed by atoms with E-state index in [0.717, 1.165) is 18.2 Å². The van der Waals surface area contributed by atoms with Gasteiger partial charge in [0, 0.05) is 22.8 Å². The molecular weight excluding hydrogens is 456 g/mol. The van der Waals surface area contributed by atoms with Gasteiger partial charge in [0.25, 0.3) is 0 Å². The Bertz CT molecular complexity index is 1220. The monoisotopic (exact) mass is 476 g/mol. The summed E-state index contributed by atoms with van der Waals surface area (Å²) in [5, 5.41) is 69.2. The summed E-state index contributed by atoms with van der Waals surface area (Å²) in [4.78, 5) is 37.7. The van der Waals surface area contributed by atoms with Crippen molar-refractivity contribution in [2.24, 2.45) is 0 Å². The molecule has 0 saturated carbocycles. The number of aliphatic hydroxyl groups is 4. The molecule has 2 aromatic carbocycles. The Morgan fingerprint density at radius 2 is 1.59 bits per heavy atom. The summed E-state index contributed by atoms with van der Waals surface area (Å²) >= 11 is 0. The third-order valence-corrected chi connectivity index (χ3v) is 5.91. The Hall–Kier alpha value is -3.55. The second-order valence-corrected chi connectivity index (χ2v) is 7.96. The smallest absolute Gasteiger partial charge is 0.339 e. The summed E-state index contributed by atoms with van der Waals surface area (Å²) in [5.41, 5.74) is -1.98. The molecule has 1 aliphatic carbocycles. The number of hydrogen-bond donors (Lipinski definition) is 7. The molecule has 1 fully saturated rings. The van der Waals surface area contributed by atoms with E-state index in [-0.39, 0.29) is 28.0 Å². The maximum Gasteiger partial charge on any atom is 0.339 e. The first kappa shape index (κ1) is 23.6. The van der Waals surface area contributed by atoms with Crippen LogP contribution in [0.4, 0.5) is 0 Å². The topological polar surface area (TPSA) is 211 Å². The van der Waals surface area contributed by atoms with Gasteiger partial charge in [0.2, 0.25) is 6.29 Å². The molecule has 0 aromatic heterocycles. The Morgan fingerprint density at radius 1 is 0.941 bits per heavy atom. The number of carboxylic acids is 1. The number of carbonyl (C=O) groups excluding carboxylic acids is 2. The first-order valence-electron chi connectivity index (χ1n) is 10.0. The van der Waals surface area contributed by atoms with Gasteiger partial charge in [0.15, 0.2) is 11.6 Å². The lowest BCUT2D eigenvalue weighted by Crippen LogP contribution is -2.60. The Morgan fingerprint density at radius 3 is 2.21 bits per heavy atom. The van der Waals surface area contributed by atoms with Gasteiger partial charge in [-0.25, -0.2) is 4.79 Å². The van der Waals surface area contributed by atoms with E-state index in [0.29, 0.717) is 0 Å². The molecule has 1 saturated heterocycles. The zero-order chi connectivity index (χ0) is 25.1. The largest absolute Gasteiger partial charge is 0.507 e. The zero-order valence-electron chi connectivity index (χ0n) is 17.5. The fourth-order valence-electron chi connectivity index (χ4n) is 4.20. The van der Waals surface area contributed by atoms with Crippen molar-refractivity contribution < 1.29 is 59.6 Å². The molecule has 12 heteroatoms. The molecule has 34 heavy (non-hydrogen) atoms. The van der Waals surface area contributed by atoms with Gasteiger partial charge in [-0.3, -0.25) is 9.59 Å². The van der Waals surface area contributed by atoms with Crippen molar-refractivity contribution in [1.82, 2.24) is 0 Å². The van der Waals surface area contributed by atoms with E-state index in [4.69, 9.17) is 9.47 Å². The van der Waals surface area contributed by atoms with Crippen molar-refractivity contribution >= 4 is 17.5 Å². The third kappa shape index (κ3) is 3.48. The quantitative estimate of drug-likeness (QED) is 0.243. The second kappa shape index (κ2) is 8.34. The van der Waals surface area contributed by atoms with Crippen LogP contribution in [0.2, 0.25) is 0 Å². The molecule has 0 amide bonds. The van der Waals surface area contributed by atoms with Crippen LogP contribution in [0.3, 0.4) is 0 Å². The van der Waals surface area contributed by atoms with Crippen LogP contribution < -0.4 is 4.74 Å². The Kier molecular flexibility index (Phi) is 5.79. The predicted octanol–water partition coefficient (Wildman–Crippen LogP) is -0.941. The van der Waals surface area contributed by atoms with Gasteiger partial charge in [-0.05, 0) is 24.6 Å². The van der Waals surface area contributed by atoms with Crippen LogP contribution in [0.15, 0.2) is 18.2 Å². The molecule has 7 N–H and O–H groups in total. The lowest BCUT2D eigenvalue weighted by Gasteiger charge is -2.39. The lowest BCUT2D eigenvalue weighted by atomic mass is 9.80. The fourth-order valence-corrected chi connectivity index (χ4v) is 4.20. The van der Waals surface area contributed by atoms with Gasteiger partial charge in [-0.1, -0.05) is 0 Å². The van der Waals surface area contributed by atoms with Crippen molar-refractivity contribution in [3.8, 4) is 17.2 Å². The number of ether oxygens (including phenoxy) is 2. The highest BCUT2D eigenvalue weighted by Crippen LogP contribution is 2.40. The molecule has 2 aliphatic rings. The van der Waals surface area contributed by atoms with Gasteiger partial charge in [0.05, 0.1) is 12.2 Å². The molecule has 0 spiro atoms. The molecule has 1 heterocycles. The van der Waals surface area contributed by atoms with Gasteiger partial charge in [0.1, 0.15) is 47.2 Å². The first-order valence-corrected chi connectivity index (χ1v) is 10.0. The molecule has 0 radical (unpaired) electrons. The van der Waals surface area contributed by atoms with Crippen LogP contribution in [0.25, 0.3) is 0 Å². The number of fused-ring (bicyclic) bond motifs is 2. The van der Waals surface area contributed by atoms with Crippen LogP contribution in [-0.2, 0) is 4.74 Å². The molecule has 180 valence electrons. The number of phenols is 2. The van der Waals surface area contributed by atoms with Crippen molar-refractivity contribution in [2.45, 2.75) is 37.6 Å².